The van der Waals surface area contributed by atoms with Crippen molar-refractivity contribution in [3.05, 3.63) is 57.8 Å². The number of nitrogens with one attached hydrogen (secondary N) is 1. The Balaban J connectivity index is 1.75. The van der Waals surface area contributed by atoms with Crippen LogP contribution in [0.3, 0.4) is 0 Å². The molecule has 0 aliphatic carbocycles. The van der Waals surface area contributed by atoms with Crippen LogP contribution in [-0.4, -0.2) is 37.7 Å². The summed E-state index contributed by atoms with van der Waals surface area (Å²) in [5, 5.41) is 5.23. The number of aryl methyl sites for hydroxylation is 1. The number of benzene rings is 1. The number of hydrogen-bond acceptors (Lipinski definition) is 3. The van der Waals surface area contributed by atoms with Crippen LogP contribution < -0.4 is 5.32 Å². The monoisotopic (exact) mass is 344 g/mol. The SMILES string of the molecule is Cc1cccc([C@@H](NC(=O)N(C)CC2(C)COC2)c2cccs2)c1. The Bertz CT molecular complexity index is 695. The van der Waals surface area contributed by atoms with Crippen LogP contribution in [0.1, 0.15) is 29.0 Å². The Labute approximate surface area is 147 Å². The number of carbonyl (C=O) groups is 1. The maximum Gasteiger partial charge on any atom is 0.317 e. The smallest absolute Gasteiger partial charge is 0.317 e. The van der Waals surface area contributed by atoms with Crippen LogP contribution in [0.4, 0.5) is 4.79 Å². The van der Waals surface area contributed by atoms with Crippen LogP contribution in [0.5, 0.6) is 0 Å². The highest BCUT2D eigenvalue weighted by atomic mass is 32.1. The molecule has 2 heterocycles. The first kappa shape index (κ1) is 17.0. The average molecular weight is 344 g/mol. The van der Waals surface area contributed by atoms with Crippen molar-refractivity contribution in [1.29, 1.82) is 0 Å². The van der Waals surface area contributed by atoms with Crippen molar-refractivity contribution in [3.63, 3.8) is 0 Å². The van der Waals surface area contributed by atoms with E-state index < -0.39 is 0 Å². The van der Waals surface area contributed by atoms with Crippen molar-refractivity contribution < 1.29 is 9.53 Å². The molecule has 2 amide bonds. The summed E-state index contributed by atoms with van der Waals surface area (Å²) < 4.78 is 5.28. The summed E-state index contributed by atoms with van der Waals surface area (Å²) >= 11 is 1.66. The van der Waals surface area contributed by atoms with E-state index in [0.29, 0.717) is 6.54 Å². The fourth-order valence-corrected chi connectivity index (χ4v) is 3.85. The zero-order valence-electron chi connectivity index (χ0n) is 14.4. The summed E-state index contributed by atoms with van der Waals surface area (Å²) in [5.74, 6) is 0. The third-order valence-corrected chi connectivity index (χ3v) is 5.27. The third-order valence-electron chi connectivity index (χ3n) is 4.34. The number of nitrogens with zero attached hydrogens (tertiary/aromatic N) is 1. The van der Waals surface area contributed by atoms with Gasteiger partial charge in [0.25, 0.3) is 0 Å². The van der Waals surface area contributed by atoms with Gasteiger partial charge in [-0.2, -0.15) is 0 Å². The second-order valence-corrected chi connectivity index (χ2v) is 7.95. The molecule has 0 bridgehead atoms. The summed E-state index contributed by atoms with van der Waals surface area (Å²) in [5.41, 5.74) is 2.38. The number of urea groups is 1. The van der Waals surface area contributed by atoms with Crippen LogP contribution in [0, 0.1) is 12.3 Å². The summed E-state index contributed by atoms with van der Waals surface area (Å²) in [6.45, 7) is 6.36. The molecular formula is C19H24N2O2S. The highest BCUT2D eigenvalue weighted by molar-refractivity contribution is 7.10. The van der Waals surface area contributed by atoms with E-state index in [1.165, 1.54) is 5.56 Å². The Morgan fingerprint density at radius 2 is 2.17 bits per heavy atom. The first-order valence-electron chi connectivity index (χ1n) is 8.16. The first-order valence-corrected chi connectivity index (χ1v) is 9.04. The molecule has 1 fully saturated rings. The maximum absolute atomic E-state index is 12.7. The molecule has 3 rings (SSSR count). The van der Waals surface area contributed by atoms with E-state index in [1.54, 1.807) is 16.2 Å². The highest BCUT2D eigenvalue weighted by Gasteiger charge is 2.35. The van der Waals surface area contributed by atoms with Crippen molar-refractivity contribution in [2.75, 3.05) is 26.8 Å². The lowest BCUT2D eigenvalue weighted by Gasteiger charge is -2.40. The van der Waals surface area contributed by atoms with Gasteiger partial charge in [-0.25, -0.2) is 4.79 Å². The molecule has 1 aliphatic heterocycles. The highest BCUT2D eigenvalue weighted by Crippen LogP contribution is 2.29. The molecule has 1 aliphatic rings. The predicted molar refractivity (Wildman–Crippen MR) is 97.4 cm³/mol. The van der Waals surface area contributed by atoms with Gasteiger partial charge in [0.1, 0.15) is 0 Å². The van der Waals surface area contributed by atoms with Crippen LogP contribution in [-0.2, 0) is 4.74 Å². The number of rotatable bonds is 5. The Morgan fingerprint density at radius 1 is 1.38 bits per heavy atom. The fraction of sp³-hybridized carbons (Fsp3) is 0.421. The lowest BCUT2D eigenvalue weighted by Crippen LogP contribution is -2.51. The predicted octanol–water partition coefficient (Wildman–Crippen LogP) is 3.82. The van der Waals surface area contributed by atoms with Crippen molar-refractivity contribution >= 4 is 17.4 Å². The van der Waals surface area contributed by atoms with E-state index in [9.17, 15) is 4.79 Å². The number of ether oxygens (including phenoxy) is 1. The molecule has 0 unspecified atom stereocenters. The zero-order valence-corrected chi connectivity index (χ0v) is 15.2. The molecule has 5 heteroatoms. The van der Waals surface area contributed by atoms with Crippen LogP contribution >= 0.6 is 11.3 Å². The maximum atomic E-state index is 12.7. The standard InChI is InChI=1S/C19H24N2O2S/c1-14-6-4-7-15(10-14)17(16-8-5-9-24-16)20-18(22)21(3)11-19(2)12-23-13-19/h4-10,17H,11-13H2,1-3H3,(H,20,22)/t17-/m1/s1. The van der Waals surface area contributed by atoms with Crippen molar-refractivity contribution in [3.8, 4) is 0 Å². The summed E-state index contributed by atoms with van der Waals surface area (Å²) in [7, 11) is 1.85. The molecule has 1 atom stereocenters. The Hall–Kier alpha value is -1.85. The van der Waals surface area contributed by atoms with Gasteiger partial charge in [0, 0.05) is 23.9 Å². The molecule has 1 N–H and O–H groups in total. The van der Waals surface area contributed by atoms with E-state index in [1.807, 2.05) is 24.6 Å². The summed E-state index contributed by atoms with van der Waals surface area (Å²) in [6, 6.07) is 12.2. The molecule has 4 nitrogen and oxygen atoms in total. The third kappa shape index (κ3) is 3.79. The average Bonchev–Trinajstić information content (AvgIpc) is 3.04. The molecular weight excluding hydrogens is 320 g/mol. The molecule has 1 saturated heterocycles. The number of amides is 2. The number of carbonyl (C=O) groups excluding carboxylic acids is 1. The largest absolute Gasteiger partial charge is 0.380 e. The second-order valence-electron chi connectivity index (χ2n) is 6.97. The molecule has 2 aromatic rings. The number of thiophene rings is 1. The Kier molecular flexibility index (Phi) is 4.92. The minimum Gasteiger partial charge on any atom is -0.380 e. The van der Waals surface area contributed by atoms with Gasteiger partial charge in [-0.15, -0.1) is 11.3 Å². The topological polar surface area (TPSA) is 41.6 Å². The molecule has 0 radical (unpaired) electrons. The van der Waals surface area contributed by atoms with Gasteiger partial charge in [-0.05, 0) is 23.9 Å². The fourth-order valence-electron chi connectivity index (χ4n) is 3.04. The van der Waals surface area contributed by atoms with Crippen molar-refractivity contribution in [2.45, 2.75) is 19.9 Å². The normalized spacial score (nSPS) is 17.0. The van der Waals surface area contributed by atoms with E-state index in [0.717, 1.165) is 23.7 Å². The van der Waals surface area contributed by atoms with Gasteiger partial charge >= 0.3 is 6.03 Å². The van der Waals surface area contributed by atoms with E-state index in [-0.39, 0.29) is 17.5 Å². The molecule has 128 valence electrons. The quantitative estimate of drug-likeness (QED) is 0.896. The minimum absolute atomic E-state index is 0.0527. The van der Waals surface area contributed by atoms with Gasteiger partial charge < -0.3 is 15.0 Å². The zero-order chi connectivity index (χ0) is 17.2. The molecule has 0 saturated carbocycles. The lowest BCUT2D eigenvalue weighted by molar-refractivity contribution is -0.108. The Morgan fingerprint density at radius 3 is 2.75 bits per heavy atom. The van der Waals surface area contributed by atoms with E-state index >= 15 is 0 Å². The lowest BCUT2D eigenvalue weighted by atomic mass is 9.88. The second kappa shape index (κ2) is 6.95. The van der Waals surface area contributed by atoms with Gasteiger partial charge in [-0.1, -0.05) is 42.8 Å². The van der Waals surface area contributed by atoms with Crippen molar-refractivity contribution in [2.24, 2.45) is 5.41 Å². The first-order chi connectivity index (χ1) is 11.5. The van der Waals surface area contributed by atoms with E-state index in [4.69, 9.17) is 4.74 Å². The van der Waals surface area contributed by atoms with Crippen LogP contribution in [0.25, 0.3) is 0 Å². The van der Waals surface area contributed by atoms with Crippen molar-refractivity contribution in [1.82, 2.24) is 10.2 Å². The van der Waals surface area contributed by atoms with Gasteiger partial charge in [0.2, 0.25) is 0 Å². The molecule has 1 aromatic heterocycles. The summed E-state index contributed by atoms with van der Waals surface area (Å²) in [4.78, 5) is 15.6. The molecule has 1 aromatic carbocycles. The van der Waals surface area contributed by atoms with Crippen LogP contribution in [0.15, 0.2) is 41.8 Å². The van der Waals surface area contributed by atoms with Crippen LogP contribution in [0.2, 0.25) is 0 Å². The summed E-state index contributed by atoms with van der Waals surface area (Å²) in [6.07, 6.45) is 0. The molecule has 24 heavy (non-hydrogen) atoms. The number of hydrogen-bond donors (Lipinski definition) is 1. The van der Waals surface area contributed by atoms with Gasteiger partial charge in [-0.3, -0.25) is 0 Å². The molecule has 0 spiro atoms. The van der Waals surface area contributed by atoms with E-state index in [2.05, 4.69) is 43.4 Å². The minimum atomic E-state index is -0.120. The van der Waals surface area contributed by atoms with Gasteiger partial charge in [0.05, 0.1) is 19.3 Å². The van der Waals surface area contributed by atoms with Gasteiger partial charge in [0.15, 0.2) is 0 Å².